The van der Waals surface area contributed by atoms with Crippen molar-refractivity contribution in [1.82, 2.24) is 20.2 Å². The van der Waals surface area contributed by atoms with E-state index in [9.17, 15) is 14.4 Å². The van der Waals surface area contributed by atoms with Gasteiger partial charge in [-0.25, -0.2) is 9.80 Å². The van der Waals surface area contributed by atoms with Crippen molar-refractivity contribution < 1.29 is 19.1 Å². The van der Waals surface area contributed by atoms with E-state index in [-0.39, 0.29) is 48.1 Å². The molecule has 0 aromatic heterocycles. The molecule has 4 rings (SSSR count). The van der Waals surface area contributed by atoms with Crippen LogP contribution in [0.2, 0.25) is 0 Å². The number of hydrogen-bond acceptors (Lipinski definition) is 6. The van der Waals surface area contributed by atoms with Crippen LogP contribution in [0, 0.1) is 17.8 Å². The second-order valence-electron chi connectivity index (χ2n) is 10.4. The molecule has 4 fully saturated rings. The Morgan fingerprint density at radius 1 is 1.06 bits per heavy atom. The van der Waals surface area contributed by atoms with E-state index < -0.39 is 0 Å². The molecule has 2 aliphatic heterocycles. The summed E-state index contributed by atoms with van der Waals surface area (Å²) in [5.41, 5.74) is 8.70. The Morgan fingerprint density at radius 2 is 1.81 bits per heavy atom. The molecule has 4 unspecified atom stereocenters. The van der Waals surface area contributed by atoms with E-state index in [1.807, 2.05) is 18.7 Å². The molecule has 0 spiro atoms. The largest absolute Gasteiger partial charge is 0.447 e. The molecule has 3 amide bonds. The molecule has 180 valence electrons. The fourth-order valence-corrected chi connectivity index (χ4v) is 5.88. The Labute approximate surface area is 190 Å². The van der Waals surface area contributed by atoms with Gasteiger partial charge in [0.2, 0.25) is 11.8 Å². The van der Waals surface area contributed by atoms with Gasteiger partial charge in [0.15, 0.2) is 0 Å². The monoisotopic (exact) mass is 449 g/mol. The number of carbonyl (C=O) groups excluding carboxylic acids is 3. The van der Waals surface area contributed by atoms with Crippen LogP contribution in [0.4, 0.5) is 4.79 Å². The lowest BCUT2D eigenvalue weighted by Crippen LogP contribution is -2.67. The Morgan fingerprint density at radius 3 is 2.47 bits per heavy atom. The third kappa shape index (κ3) is 5.03. The maximum Gasteiger partial charge on any atom is 0.410 e. The first kappa shape index (κ1) is 23.3. The number of primary amides is 1. The molecule has 0 aromatic rings. The highest BCUT2D eigenvalue weighted by atomic mass is 16.6. The zero-order chi connectivity index (χ0) is 23.0. The molecule has 9 heteroatoms. The second kappa shape index (κ2) is 9.55. The quantitative estimate of drug-likeness (QED) is 0.633. The van der Waals surface area contributed by atoms with Crippen LogP contribution < -0.4 is 11.2 Å². The van der Waals surface area contributed by atoms with Gasteiger partial charge < -0.3 is 20.3 Å². The molecule has 4 aliphatic rings. The van der Waals surface area contributed by atoms with Crippen molar-refractivity contribution >= 4 is 17.9 Å². The lowest BCUT2D eigenvalue weighted by Gasteiger charge is -2.54. The number of hydrazine groups is 1. The van der Waals surface area contributed by atoms with Gasteiger partial charge in [0.25, 0.3) is 0 Å². The van der Waals surface area contributed by atoms with Gasteiger partial charge in [-0.15, -0.1) is 0 Å². The molecular formula is C23H39N5O4. The van der Waals surface area contributed by atoms with Crippen LogP contribution in [-0.2, 0) is 14.3 Å². The third-order valence-corrected chi connectivity index (χ3v) is 7.59. The normalized spacial score (nSPS) is 33.3. The summed E-state index contributed by atoms with van der Waals surface area (Å²) >= 11 is 0. The standard InChI is InChI=1S/C23H39N5O4/c1-14(2)32-23(31)27-12-15(3)28(22(30)16-4-5-16)19-7-6-17(10-20(19)27)18-11-25-26(13-18)9-8-21(24)29/h14-20,25H,4-13H2,1-3H3,(H2,24,29)/t15-,17?,18?,19?,20?/m0/s1. The van der Waals surface area contributed by atoms with Crippen molar-refractivity contribution in [3.8, 4) is 0 Å². The summed E-state index contributed by atoms with van der Waals surface area (Å²) in [6, 6.07) is 0.0831. The molecule has 0 radical (unpaired) electrons. The number of hydrogen-bond donors (Lipinski definition) is 2. The van der Waals surface area contributed by atoms with Crippen molar-refractivity contribution in [2.75, 3.05) is 26.2 Å². The van der Waals surface area contributed by atoms with E-state index in [2.05, 4.69) is 22.3 Å². The zero-order valence-corrected chi connectivity index (χ0v) is 19.7. The minimum absolute atomic E-state index is 0.00132. The summed E-state index contributed by atoms with van der Waals surface area (Å²) in [5.74, 6) is 1.10. The molecule has 32 heavy (non-hydrogen) atoms. The number of carbonyl (C=O) groups is 3. The Balaban J connectivity index is 1.47. The molecule has 2 heterocycles. The van der Waals surface area contributed by atoms with Gasteiger partial charge in [-0.2, -0.15) is 0 Å². The lowest BCUT2D eigenvalue weighted by molar-refractivity contribution is -0.146. The van der Waals surface area contributed by atoms with Crippen LogP contribution in [0.15, 0.2) is 0 Å². The highest BCUT2D eigenvalue weighted by Crippen LogP contribution is 2.42. The van der Waals surface area contributed by atoms with Gasteiger partial charge in [-0.05, 0) is 64.7 Å². The van der Waals surface area contributed by atoms with Crippen LogP contribution in [0.1, 0.15) is 59.3 Å². The maximum atomic E-state index is 13.1. The van der Waals surface area contributed by atoms with Gasteiger partial charge in [-0.3, -0.25) is 15.0 Å². The summed E-state index contributed by atoms with van der Waals surface area (Å²) in [7, 11) is 0. The average Bonchev–Trinajstić information content (AvgIpc) is 3.48. The highest BCUT2D eigenvalue weighted by molar-refractivity contribution is 5.82. The second-order valence-corrected chi connectivity index (χ2v) is 10.4. The fourth-order valence-electron chi connectivity index (χ4n) is 5.88. The van der Waals surface area contributed by atoms with Crippen LogP contribution in [0.3, 0.4) is 0 Å². The van der Waals surface area contributed by atoms with Crippen LogP contribution in [0.25, 0.3) is 0 Å². The third-order valence-electron chi connectivity index (χ3n) is 7.59. The SMILES string of the molecule is CC(C)OC(=O)N1C[C@H](C)N(C(=O)C2CC2)C2CCC(C3CNN(CCC(N)=O)C3)CC21. The van der Waals surface area contributed by atoms with Crippen molar-refractivity contribution in [2.45, 2.75) is 83.5 Å². The van der Waals surface area contributed by atoms with Gasteiger partial charge in [0.05, 0.1) is 18.2 Å². The van der Waals surface area contributed by atoms with Crippen LogP contribution in [-0.4, -0.2) is 83.1 Å². The number of nitrogens with zero attached hydrogens (tertiary/aromatic N) is 3. The van der Waals surface area contributed by atoms with E-state index in [0.717, 1.165) is 45.2 Å². The average molecular weight is 450 g/mol. The van der Waals surface area contributed by atoms with E-state index in [1.54, 1.807) is 0 Å². The predicted molar refractivity (Wildman–Crippen MR) is 119 cm³/mol. The van der Waals surface area contributed by atoms with Crippen molar-refractivity contribution in [3.63, 3.8) is 0 Å². The van der Waals surface area contributed by atoms with E-state index in [4.69, 9.17) is 10.5 Å². The van der Waals surface area contributed by atoms with Crippen molar-refractivity contribution in [2.24, 2.45) is 23.5 Å². The van der Waals surface area contributed by atoms with Gasteiger partial charge in [-0.1, -0.05) is 0 Å². The molecule has 9 nitrogen and oxygen atoms in total. The van der Waals surface area contributed by atoms with E-state index in [1.165, 1.54) is 0 Å². The molecule has 2 saturated heterocycles. The van der Waals surface area contributed by atoms with Gasteiger partial charge in [0.1, 0.15) is 0 Å². The first-order chi connectivity index (χ1) is 15.2. The first-order valence-corrected chi connectivity index (χ1v) is 12.3. The van der Waals surface area contributed by atoms with Crippen molar-refractivity contribution in [3.05, 3.63) is 0 Å². The van der Waals surface area contributed by atoms with E-state index >= 15 is 0 Å². The minimum Gasteiger partial charge on any atom is -0.447 e. The van der Waals surface area contributed by atoms with Gasteiger partial charge >= 0.3 is 6.09 Å². The van der Waals surface area contributed by atoms with Crippen LogP contribution >= 0.6 is 0 Å². The number of amides is 3. The molecule has 0 aromatic carbocycles. The van der Waals surface area contributed by atoms with Gasteiger partial charge in [0, 0.05) is 44.6 Å². The predicted octanol–water partition coefficient (Wildman–Crippen LogP) is 1.32. The topological polar surface area (TPSA) is 108 Å². The fraction of sp³-hybridized carbons (Fsp3) is 0.870. The molecule has 2 saturated carbocycles. The smallest absolute Gasteiger partial charge is 0.410 e. The minimum atomic E-state index is -0.285. The summed E-state index contributed by atoms with van der Waals surface area (Å²) in [4.78, 5) is 41.3. The molecule has 2 aliphatic carbocycles. The number of fused-ring (bicyclic) bond motifs is 1. The highest BCUT2D eigenvalue weighted by Gasteiger charge is 2.50. The number of rotatable bonds is 6. The summed E-state index contributed by atoms with van der Waals surface area (Å²) in [5, 5.41) is 2.10. The number of nitrogens with two attached hydrogens (primary N) is 1. The molecule has 5 atom stereocenters. The maximum absolute atomic E-state index is 13.1. The molecule has 3 N–H and O–H groups in total. The zero-order valence-electron chi connectivity index (χ0n) is 19.7. The summed E-state index contributed by atoms with van der Waals surface area (Å²) in [6.45, 7) is 8.73. The Hall–Kier alpha value is -1.87. The summed E-state index contributed by atoms with van der Waals surface area (Å²) in [6.07, 6.45) is 4.77. The number of piperazine rings is 1. The Kier molecular flexibility index (Phi) is 6.95. The Bertz CT molecular complexity index is 727. The van der Waals surface area contributed by atoms with Crippen molar-refractivity contribution in [1.29, 1.82) is 0 Å². The molecular weight excluding hydrogens is 410 g/mol. The van der Waals surface area contributed by atoms with E-state index in [0.29, 0.717) is 31.3 Å². The summed E-state index contributed by atoms with van der Waals surface area (Å²) < 4.78 is 5.59. The van der Waals surface area contributed by atoms with Crippen LogP contribution in [0.5, 0.6) is 0 Å². The number of ether oxygens (including phenoxy) is 1. The first-order valence-electron chi connectivity index (χ1n) is 12.3. The lowest BCUT2D eigenvalue weighted by atomic mass is 9.73. The number of nitrogens with one attached hydrogen (secondary N) is 1. The molecule has 0 bridgehead atoms.